The molecule has 0 aliphatic heterocycles. The Morgan fingerprint density at radius 1 is 1.26 bits per heavy atom. The van der Waals surface area contributed by atoms with Crippen molar-refractivity contribution in [2.75, 3.05) is 6.54 Å². The highest BCUT2D eigenvalue weighted by molar-refractivity contribution is 5.90. The SMILES string of the molecule is CCCNC(=O)[C@@H](C)OC(=O)/C=C/c1ccc(OC(F)F)cc1. The molecule has 1 amide bonds. The number of ether oxygens (including phenoxy) is 2. The summed E-state index contributed by atoms with van der Waals surface area (Å²) in [5.74, 6) is -1.000. The summed E-state index contributed by atoms with van der Waals surface area (Å²) >= 11 is 0. The van der Waals surface area contributed by atoms with Crippen molar-refractivity contribution in [1.29, 1.82) is 0 Å². The van der Waals surface area contributed by atoms with Crippen molar-refractivity contribution < 1.29 is 27.8 Å². The lowest BCUT2D eigenvalue weighted by atomic mass is 10.2. The Labute approximate surface area is 133 Å². The van der Waals surface area contributed by atoms with Gasteiger partial charge in [-0.1, -0.05) is 19.1 Å². The van der Waals surface area contributed by atoms with Crippen LogP contribution < -0.4 is 10.1 Å². The lowest BCUT2D eigenvalue weighted by Gasteiger charge is -2.11. The van der Waals surface area contributed by atoms with Gasteiger partial charge in [0.2, 0.25) is 0 Å². The lowest BCUT2D eigenvalue weighted by Crippen LogP contribution is -2.35. The van der Waals surface area contributed by atoms with E-state index in [-0.39, 0.29) is 11.7 Å². The van der Waals surface area contributed by atoms with E-state index in [1.165, 1.54) is 37.3 Å². The van der Waals surface area contributed by atoms with Crippen LogP contribution >= 0.6 is 0 Å². The maximum absolute atomic E-state index is 12.0. The smallest absolute Gasteiger partial charge is 0.387 e. The fourth-order valence-corrected chi connectivity index (χ4v) is 1.58. The first kappa shape index (κ1) is 18.6. The molecule has 0 aromatic heterocycles. The van der Waals surface area contributed by atoms with E-state index < -0.39 is 18.7 Å². The fraction of sp³-hybridized carbons (Fsp3) is 0.375. The Kier molecular flexibility index (Phi) is 7.73. The Hall–Kier alpha value is -2.44. The van der Waals surface area contributed by atoms with Gasteiger partial charge < -0.3 is 14.8 Å². The van der Waals surface area contributed by atoms with Gasteiger partial charge >= 0.3 is 12.6 Å². The summed E-state index contributed by atoms with van der Waals surface area (Å²) in [4.78, 5) is 23.2. The first-order valence-electron chi connectivity index (χ1n) is 7.13. The number of rotatable bonds is 8. The summed E-state index contributed by atoms with van der Waals surface area (Å²) in [7, 11) is 0. The highest BCUT2D eigenvalue weighted by atomic mass is 19.3. The van der Waals surface area contributed by atoms with Crippen LogP contribution in [0.3, 0.4) is 0 Å². The minimum Gasteiger partial charge on any atom is -0.449 e. The number of carbonyl (C=O) groups excluding carboxylic acids is 2. The number of amides is 1. The zero-order chi connectivity index (χ0) is 17.2. The molecule has 0 aliphatic rings. The van der Waals surface area contributed by atoms with Crippen molar-refractivity contribution in [2.24, 2.45) is 0 Å². The first-order chi connectivity index (χ1) is 10.9. The predicted molar refractivity (Wildman–Crippen MR) is 81.0 cm³/mol. The molecular weight excluding hydrogens is 308 g/mol. The molecule has 1 atom stereocenters. The number of halogens is 2. The van der Waals surface area contributed by atoms with Gasteiger partial charge in [0, 0.05) is 12.6 Å². The van der Waals surface area contributed by atoms with Gasteiger partial charge in [0.1, 0.15) is 5.75 Å². The molecule has 126 valence electrons. The molecule has 1 aromatic carbocycles. The molecule has 7 heteroatoms. The molecule has 23 heavy (non-hydrogen) atoms. The van der Waals surface area contributed by atoms with Crippen molar-refractivity contribution >= 4 is 18.0 Å². The maximum atomic E-state index is 12.0. The van der Waals surface area contributed by atoms with E-state index in [0.29, 0.717) is 12.1 Å². The van der Waals surface area contributed by atoms with E-state index in [2.05, 4.69) is 10.1 Å². The second-order valence-corrected chi connectivity index (χ2v) is 4.65. The van der Waals surface area contributed by atoms with Crippen LogP contribution in [0.2, 0.25) is 0 Å². The topological polar surface area (TPSA) is 64.6 Å². The quantitative estimate of drug-likeness (QED) is 0.589. The van der Waals surface area contributed by atoms with Gasteiger partial charge in [-0.3, -0.25) is 4.79 Å². The Morgan fingerprint density at radius 2 is 1.91 bits per heavy atom. The van der Waals surface area contributed by atoms with Gasteiger partial charge in [0.05, 0.1) is 0 Å². The largest absolute Gasteiger partial charge is 0.449 e. The normalized spacial score (nSPS) is 12.2. The van der Waals surface area contributed by atoms with Crippen LogP contribution in [-0.2, 0) is 14.3 Å². The molecular formula is C16H19F2NO4. The molecule has 0 fully saturated rings. The molecule has 0 radical (unpaired) electrons. The molecule has 0 bridgehead atoms. The van der Waals surface area contributed by atoms with Crippen molar-refractivity contribution in [3.05, 3.63) is 35.9 Å². The van der Waals surface area contributed by atoms with Crippen LogP contribution in [0.1, 0.15) is 25.8 Å². The number of hydrogen-bond acceptors (Lipinski definition) is 4. The average Bonchev–Trinajstić information content (AvgIpc) is 2.51. The summed E-state index contributed by atoms with van der Waals surface area (Å²) in [6, 6.07) is 5.74. The lowest BCUT2D eigenvalue weighted by molar-refractivity contribution is -0.150. The van der Waals surface area contributed by atoms with E-state index in [1.54, 1.807) is 0 Å². The van der Waals surface area contributed by atoms with E-state index in [9.17, 15) is 18.4 Å². The summed E-state index contributed by atoms with van der Waals surface area (Å²) in [5.41, 5.74) is 0.603. The summed E-state index contributed by atoms with van der Waals surface area (Å²) < 4.78 is 33.2. The summed E-state index contributed by atoms with van der Waals surface area (Å²) in [5, 5.41) is 2.62. The van der Waals surface area contributed by atoms with E-state index in [1.807, 2.05) is 6.92 Å². The molecule has 0 saturated heterocycles. The third-order valence-corrected chi connectivity index (χ3v) is 2.73. The van der Waals surface area contributed by atoms with Crippen molar-refractivity contribution in [3.63, 3.8) is 0 Å². The van der Waals surface area contributed by atoms with Gasteiger partial charge in [0.15, 0.2) is 6.10 Å². The molecule has 0 unspecified atom stereocenters. The van der Waals surface area contributed by atoms with Crippen LogP contribution in [-0.4, -0.2) is 31.1 Å². The van der Waals surface area contributed by atoms with E-state index >= 15 is 0 Å². The van der Waals surface area contributed by atoms with E-state index in [4.69, 9.17) is 4.74 Å². The van der Waals surface area contributed by atoms with Crippen LogP contribution in [0.4, 0.5) is 8.78 Å². The first-order valence-corrected chi connectivity index (χ1v) is 7.13. The molecule has 5 nitrogen and oxygen atoms in total. The minimum atomic E-state index is -2.88. The third-order valence-electron chi connectivity index (χ3n) is 2.73. The van der Waals surface area contributed by atoms with Crippen molar-refractivity contribution in [1.82, 2.24) is 5.32 Å². The second-order valence-electron chi connectivity index (χ2n) is 4.65. The summed E-state index contributed by atoms with van der Waals surface area (Å²) in [6.45, 7) is 1.03. The van der Waals surface area contributed by atoms with Gasteiger partial charge in [-0.15, -0.1) is 0 Å². The van der Waals surface area contributed by atoms with Crippen LogP contribution in [0.15, 0.2) is 30.3 Å². The number of carbonyl (C=O) groups is 2. The van der Waals surface area contributed by atoms with Gasteiger partial charge in [-0.2, -0.15) is 8.78 Å². The van der Waals surface area contributed by atoms with Gasteiger partial charge in [0.25, 0.3) is 5.91 Å². The molecule has 0 heterocycles. The monoisotopic (exact) mass is 327 g/mol. The van der Waals surface area contributed by atoms with Crippen LogP contribution in [0.25, 0.3) is 6.08 Å². The van der Waals surface area contributed by atoms with Gasteiger partial charge in [-0.25, -0.2) is 4.79 Å². The molecule has 1 N–H and O–H groups in total. The number of benzene rings is 1. The molecule has 0 aliphatic carbocycles. The Morgan fingerprint density at radius 3 is 2.48 bits per heavy atom. The van der Waals surface area contributed by atoms with Gasteiger partial charge in [-0.05, 0) is 37.1 Å². The molecule has 0 spiro atoms. The fourth-order valence-electron chi connectivity index (χ4n) is 1.58. The van der Waals surface area contributed by atoms with E-state index in [0.717, 1.165) is 12.5 Å². The Bertz CT molecular complexity index is 544. The summed E-state index contributed by atoms with van der Waals surface area (Å²) in [6.07, 6.45) is 2.51. The number of nitrogens with one attached hydrogen (secondary N) is 1. The van der Waals surface area contributed by atoms with Crippen LogP contribution in [0.5, 0.6) is 5.75 Å². The van der Waals surface area contributed by atoms with Crippen molar-refractivity contribution in [2.45, 2.75) is 33.0 Å². The zero-order valence-electron chi connectivity index (χ0n) is 12.9. The molecule has 1 aromatic rings. The second kappa shape index (κ2) is 9.55. The van der Waals surface area contributed by atoms with Crippen LogP contribution in [0, 0.1) is 0 Å². The molecule has 0 saturated carbocycles. The highest BCUT2D eigenvalue weighted by Crippen LogP contribution is 2.15. The number of esters is 1. The van der Waals surface area contributed by atoms with Crippen molar-refractivity contribution in [3.8, 4) is 5.75 Å². The third kappa shape index (κ3) is 7.39. The predicted octanol–water partition coefficient (Wildman–Crippen LogP) is 2.76. The zero-order valence-corrected chi connectivity index (χ0v) is 12.9. The Balaban J connectivity index is 2.49. The number of hydrogen-bond donors (Lipinski definition) is 1. The number of alkyl halides is 2. The standard InChI is InChI=1S/C16H19F2NO4/c1-3-10-19-15(21)11(2)22-14(20)9-6-12-4-7-13(8-5-12)23-16(17)18/h4-9,11,16H,3,10H2,1-2H3,(H,19,21)/b9-6+/t11-/m1/s1. The average molecular weight is 327 g/mol. The maximum Gasteiger partial charge on any atom is 0.387 e. The molecule has 1 rings (SSSR count). The highest BCUT2D eigenvalue weighted by Gasteiger charge is 2.15. The minimum absolute atomic E-state index is 0.0287.